The summed E-state index contributed by atoms with van der Waals surface area (Å²) < 4.78 is 3.55. The average Bonchev–Trinajstić information content (AvgIpc) is 3.26. The molecule has 0 aliphatic carbocycles. The van der Waals surface area contributed by atoms with Crippen molar-refractivity contribution in [3.63, 3.8) is 0 Å². The summed E-state index contributed by atoms with van der Waals surface area (Å²) in [6, 6.07) is 11.5. The number of benzene rings is 1. The van der Waals surface area contributed by atoms with E-state index in [1.54, 1.807) is 11.3 Å². The van der Waals surface area contributed by atoms with Crippen molar-refractivity contribution < 1.29 is 0 Å². The SMILES string of the molecule is CCCCc1nc2c(N)nc3cc(C)sc3c2n1Cc1ccc(CNC(C)C)cc1. The zero-order valence-corrected chi connectivity index (χ0v) is 19.1. The van der Waals surface area contributed by atoms with Crippen LogP contribution in [0, 0.1) is 6.92 Å². The molecule has 0 unspecified atom stereocenters. The molecule has 0 radical (unpaired) electrons. The van der Waals surface area contributed by atoms with Crippen LogP contribution in [0.1, 0.15) is 55.4 Å². The second-order valence-electron chi connectivity index (χ2n) is 8.34. The lowest BCUT2D eigenvalue weighted by molar-refractivity contribution is 0.588. The molecule has 0 bridgehead atoms. The Morgan fingerprint density at radius 2 is 1.87 bits per heavy atom. The average molecular weight is 422 g/mol. The van der Waals surface area contributed by atoms with E-state index in [2.05, 4.69) is 72.9 Å². The van der Waals surface area contributed by atoms with Gasteiger partial charge in [0.25, 0.3) is 0 Å². The van der Waals surface area contributed by atoms with Crippen molar-refractivity contribution in [2.75, 3.05) is 5.73 Å². The number of rotatable bonds is 8. The monoisotopic (exact) mass is 421 g/mol. The van der Waals surface area contributed by atoms with Crippen molar-refractivity contribution in [1.29, 1.82) is 0 Å². The van der Waals surface area contributed by atoms with Gasteiger partial charge in [-0.25, -0.2) is 9.97 Å². The molecule has 0 aliphatic rings. The molecule has 0 saturated carbocycles. The van der Waals surface area contributed by atoms with Crippen LogP contribution in [0.15, 0.2) is 30.3 Å². The minimum atomic E-state index is 0.485. The Balaban J connectivity index is 1.76. The quantitative estimate of drug-likeness (QED) is 0.398. The molecule has 0 amide bonds. The number of nitrogen functional groups attached to an aromatic ring is 1. The summed E-state index contributed by atoms with van der Waals surface area (Å²) in [5.74, 6) is 1.63. The van der Waals surface area contributed by atoms with E-state index in [9.17, 15) is 0 Å². The van der Waals surface area contributed by atoms with Gasteiger partial charge in [0.05, 0.1) is 15.7 Å². The molecule has 0 saturated heterocycles. The standard InChI is InChI=1S/C24H31N5S/c1-5-6-7-20-28-21-22(23-19(27-24(21)25)12-16(4)30-23)29(20)14-18-10-8-17(9-11-18)13-26-15(2)3/h8-12,15,26H,5-7,13-14H2,1-4H3,(H2,25,27). The summed E-state index contributed by atoms with van der Waals surface area (Å²) >= 11 is 1.78. The minimum absolute atomic E-state index is 0.485. The summed E-state index contributed by atoms with van der Waals surface area (Å²) in [5, 5.41) is 3.48. The Bertz CT molecular complexity index is 1150. The van der Waals surface area contributed by atoms with Crippen molar-refractivity contribution in [3.8, 4) is 0 Å². The molecule has 4 rings (SSSR count). The van der Waals surface area contributed by atoms with E-state index in [4.69, 9.17) is 10.7 Å². The number of nitrogens with one attached hydrogen (secondary N) is 1. The topological polar surface area (TPSA) is 68.8 Å². The van der Waals surface area contributed by atoms with Crippen LogP contribution in [0.3, 0.4) is 0 Å². The third-order valence-corrected chi connectivity index (χ3v) is 6.46. The van der Waals surface area contributed by atoms with Crippen LogP contribution in [0.2, 0.25) is 0 Å². The second kappa shape index (κ2) is 8.74. The molecule has 0 aliphatic heterocycles. The van der Waals surface area contributed by atoms with Crippen LogP contribution in [-0.4, -0.2) is 20.6 Å². The molecule has 0 atom stereocenters. The third-order valence-electron chi connectivity index (χ3n) is 5.41. The first-order chi connectivity index (χ1) is 14.5. The highest BCUT2D eigenvalue weighted by atomic mass is 32.1. The maximum absolute atomic E-state index is 6.32. The van der Waals surface area contributed by atoms with E-state index < -0.39 is 0 Å². The fraction of sp³-hybridized carbons (Fsp3) is 0.417. The van der Waals surface area contributed by atoms with Gasteiger partial charge in [-0.3, -0.25) is 0 Å². The molecule has 0 fully saturated rings. The van der Waals surface area contributed by atoms with Crippen LogP contribution in [-0.2, 0) is 19.5 Å². The molecule has 3 aromatic heterocycles. The molecule has 1 aromatic carbocycles. The number of anilines is 1. The predicted molar refractivity (Wildman–Crippen MR) is 128 cm³/mol. The zero-order valence-electron chi connectivity index (χ0n) is 18.3. The van der Waals surface area contributed by atoms with Gasteiger partial charge in [0, 0.05) is 30.4 Å². The molecule has 4 aromatic rings. The van der Waals surface area contributed by atoms with Crippen molar-refractivity contribution in [2.45, 2.75) is 66.1 Å². The van der Waals surface area contributed by atoms with Gasteiger partial charge in [0.15, 0.2) is 5.82 Å². The number of fused-ring (bicyclic) bond motifs is 3. The smallest absolute Gasteiger partial charge is 0.152 e. The van der Waals surface area contributed by atoms with Gasteiger partial charge in [0.2, 0.25) is 0 Å². The van der Waals surface area contributed by atoms with Gasteiger partial charge in [-0.15, -0.1) is 11.3 Å². The highest BCUT2D eigenvalue weighted by molar-refractivity contribution is 7.19. The maximum Gasteiger partial charge on any atom is 0.152 e. The van der Waals surface area contributed by atoms with E-state index >= 15 is 0 Å². The summed E-state index contributed by atoms with van der Waals surface area (Å²) in [7, 11) is 0. The lowest BCUT2D eigenvalue weighted by Gasteiger charge is -2.12. The van der Waals surface area contributed by atoms with Crippen molar-refractivity contribution in [2.24, 2.45) is 0 Å². The fourth-order valence-electron chi connectivity index (χ4n) is 3.81. The Labute approximate surface area is 182 Å². The normalized spacial score (nSPS) is 11.9. The number of thiophene rings is 1. The van der Waals surface area contributed by atoms with Crippen molar-refractivity contribution in [3.05, 3.63) is 52.2 Å². The van der Waals surface area contributed by atoms with Crippen LogP contribution in [0.5, 0.6) is 0 Å². The summed E-state index contributed by atoms with van der Waals surface area (Å²) in [5.41, 5.74) is 11.8. The highest BCUT2D eigenvalue weighted by Gasteiger charge is 2.19. The lowest BCUT2D eigenvalue weighted by atomic mass is 10.1. The molecular formula is C24H31N5S. The van der Waals surface area contributed by atoms with Gasteiger partial charge in [-0.05, 0) is 30.5 Å². The number of hydrogen-bond acceptors (Lipinski definition) is 5. The molecule has 3 heterocycles. The van der Waals surface area contributed by atoms with Crippen LogP contribution < -0.4 is 11.1 Å². The Morgan fingerprint density at radius 3 is 2.57 bits per heavy atom. The highest BCUT2D eigenvalue weighted by Crippen LogP contribution is 2.35. The van der Waals surface area contributed by atoms with E-state index in [0.29, 0.717) is 11.9 Å². The summed E-state index contributed by atoms with van der Waals surface area (Å²) in [6.07, 6.45) is 3.21. The first-order valence-corrected chi connectivity index (χ1v) is 11.6. The van der Waals surface area contributed by atoms with E-state index in [0.717, 1.165) is 54.7 Å². The van der Waals surface area contributed by atoms with Gasteiger partial charge in [-0.1, -0.05) is 51.5 Å². The number of imidazole rings is 1. The number of pyridine rings is 1. The Kier molecular flexibility index (Phi) is 6.06. The Hall–Kier alpha value is -2.44. The van der Waals surface area contributed by atoms with Crippen LogP contribution in [0.25, 0.3) is 21.3 Å². The van der Waals surface area contributed by atoms with Gasteiger partial charge < -0.3 is 15.6 Å². The number of unbranched alkanes of at least 4 members (excludes halogenated alkanes) is 1. The van der Waals surface area contributed by atoms with E-state index in [1.165, 1.54) is 20.7 Å². The molecule has 6 heteroatoms. The Morgan fingerprint density at radius 1 is 1.13 bits per heavy atom. The molecule has 30 heavy (non-hydrogen) atoms. The van der Waals surface area contributed by atoms with Gasteiger partial charge in [0.1, 0.15) is 11.3 Å². The number of aryl methyl sites for hydroxylation is 2. The third kappa shape index (κ3) is 4.20. The number of nitrogens with two attached hydrogens (primary N) is 1. The van der Waals surface area contributed by atoms with Crippen LogP contribution in [0.4, 0.5) is 5.82 Å². The molecule has 5 nitrogen and oxygen atoms in total. The zero-order chi connectivity index (χ0) is 21.3. The van der Waals surface area contributed by atoms with Crippen LogP contribution >= 0.6 is 11.3 Å². The first-order valence-electron chi connectivity index (χ1n) is 10.8. The largest absolute Gasteiger partial charge is 0.382 e. The second-order valence-corrected chi connectivity index (χ2v) is 9.59. The number of aromatic nitrogens is 3. The lowest BCUT2D eigenvalue weighted by Crippen LogP contribution is -2.21. The molecule has 158 valence electrons. The summed E-state index contributed by atoms with van der Waals surface area (Å²) in [4.78, 5) is 10.8. The number of hydrogen-bond donors (Lipinski definition) is 2. The minimum Gasteiger partial charge on any atom is -0.382 e. The maximum atomic E-state index is 6.32. The molecule has 0 spiro atoms. The van der Waals surface area contributed by atoms with Crippen molar-refractivity contribution in [1.82, 2.24) is 19.9 Å². The number of nitrogens with zero attached hydrogens (tertiary/aromatic N) is 3. The fourth-order valence-corrected chi connectivity index (χ4v) is 4.81. The van der Waals surface area contributed by atoms with Gasteiger partial charge >= 0.3 is 0 Å². The van der Waals surface area contributed by atoms with Crippen molar-refractivity contribution >= 4 is 38.4 Å². The molecule has 3 N–H and O–H groups in total. The van der Waals surface area contributed by atoms with E-state index in [1.807, 2.05) is 0 Å². The van der Waals surface area contributed by atoms with Gasteiger partial charge in [-0.2, -0.15) is 0 Å². The predicted octanol–water partition coefficient (Wildman–Crippen LogP) is 5.43. The van der Waals surface area contributed by atoms with E-state index in [-0.39, 0.29) is 0 Å². The first kappa shape index (κ1) is 20.8. The summed E-state index contributed by atoms with van der Waals surface area (Å²) in [6.45, 7) is 10.4. The molecular weight excluding hydrogens is 390 g/mol.